The number of nitrogens with one attached hydrogen (secondary N) is 1. The number of anilines is 2. The summed E-state index contributed by atoms with van der Waals surface area (Å²) in [5.41, 5.74) is 4.69. The van der Waals surface area contributed by atoms with E-state index in [9.17, 15) is 22.8 Å². The highest BCUT2D eigenvalue weighted by atomic mass is 19.4. The lowest BCUT2D eigenvalue weighted by atomic mass is 10.1. The van der Waals surface area contributed by atoms with Gasteiger partial charge in [-0.2, -0.15) is 13.2 Å². The molecule has 0 aromatic heterocycles. The van der Waals surface area contributed by atoms with E-state index in [-0.39, 0.29) is 37.7 Å². The van der Waals surface area contributed by atoms with E-state index in [1.54, 1.807) is 0 Å². The number of carbonyl (C=O) groups is 2. The van der Waals surface area contributed by atoms with Crippen LogP contribution < -0.4 is 16.0 Å². The van der Waals surface area contributed by atoms with Crippen molar-refractivity contribution in [3.63, 3.8) is 0 Å². The predicted octanol–water partition coefficient (Wildman–Crippen LogP) is 2.70. The number of hydrogen-bond donors (Lipinski definition) is 2. The van der Waals surface area contributed by atoms with Gasteiger partial charge in [-0.3, -0.25) is 14.5 Å². The minimum absolute atomic E-state index is 0.0150. The molecule has 1 aliphatic carbocycles. The van der Waals surface area contributed by atoms with Gasteiger partial charge in [-0.1, -0.05) is 13.8 Å². The van der Waals surface area contributed by atoms with Gasteiger partial charge in [-0.05, 0) is 42.9 Å². The zero-order chi connectivity index (χ0) is 23.5. The molecule has 1 atom stereocenters. The normalized spacial score (nSPS) is 18.4. The summed E-state index contributed by atoms with van der Waals surface area (Å²) >= 11 is 0. The highest BCUT2D eigenvalue weighted by Crippen LogP contribution is 2.39. The highest BCUT2D eigenvalue weighted by molar-refractivity contribution is 5.98. The Morgan fingerprint density at radius 1 is 1.34 bits per heavy atom. The molecule has 32 heavy (non-hydrogen) atoms. The molecular formula is C22H31F3N4O3. The van der Waals surface area contributed by atoms with Gasteiger partial charge in [0.15, 0.2) is 0 Å². The Balaban J connectivity index is 1.82. The lowest BCUT2D eigenvalue weighted by Gasteiger charge is -2.32. The van der Waals surface area contributed by atoms with Crippen LogP contribution in [0.5, 0.6) is 0 Å². The summed E-state index contributed by atoms with van der Waals surface area (Å²) in [7, 11) is 0. The quantitative estimate of drug-likeness (QED) is 0.597. The molecule has 0 bridgehead atoms. The molecule has 1 aromatic rings. The molecule has 3 N–H and O–H groups in total. The van der Waals surface area contributed by atoms with E-state index in [1.807, 2.05) is 18.7 Å². The largest absolute Gasteiger partial charge is 0.418 e. The van der Waals surface area contributed by atoms with Crippen molar-refractivity contribution in [2.75, 3.05) is 49.6 Å². The zero-order valence-electron chi connectivity index (χ0n) is 18.5. The molecule has 2 fully saturated rings. The number of ether oxygens (including phenoxy) is 1. The fourth-order valence-electron chi connectivity index (χ4n) is 3.93. The van der Waals surface area contributed by atoms with Crippen molar-refractivity contribution in [2.24, 2.45) is 17.6 Å². The maximum atomic E-state index is 13.8. The Morgan fingerprint density at radius 2 is 2.06 bits per heavy atom. The van der Waals surface area contributed by atoms with Crippen LogP contribution >= 0.6 is 0 Å². The van der Waals surface area contributed by atoms with Crippen LogP contribution in [0, 0.1) is 11.8 Å². The van der Waals surface area contributed by atoms with Crippen LogP contribution in [0.15, 0.2) is 18.2 Å². The predicted molar refractivity (Wildman–Crippen MR) is 115 cm³/mol. The molecule has 1 aromatic carbocycles. The topological polar surface area (TPSA) is 87.9 Å². The molecule has 1 heterocycles. The molecular weight excluding hydrogens is 425 g/mol. The number of rotatable bonds is 9. The lowest BCUT2D eigenvalue weighted by Crippen LogP contribution is -2.50. The van der Waals surface area contributed by atoms with E-state index in [2.05, 4.69) is 5.32 Å². The van der Waals surface area contributed by atoms with Gasteiger partial charge >= 0.3 is 6.18 Å². The molecule has 7 nitrogen and oxygen atoms in total. The van der Waals surface area contributed by atoms with Crippen molar-refractivity contribution in [1.29, 1.82) is 0 Å². The number of benzene rings is 1. The molecule has 0 unspecified atom stereocenters. The summed E-state index contributed by atoms with van der Waals surface area (Å²) < 4.78 is 46.4. The van der Waals surface area contributed by atoms with Crippen LogP contribution in [-0.4, -0.2) is 62.1 Å². The second kappa shape index (κ2) is 10.2. The van der Waals surface area contributed by atoms with E-state index in [0.29, 0.717) is 18.4 Å². The van der Waals surface area contributed by atoms with Gasteiger partial charge in [0.2, 0.25) is 5.91 Å². The monoisotopic (exact) mass is 456 g/mol. The Kier molecular flexibility index (Phi) is 7.79. The van der Waals surface area contributed by atoms with Gasteiger partial charge in [0, 0.05) is 31.9 Å². The number of nitrogens with two attached hydrogens (primary N) is 1. The van der Waals surface area contributed by atoms with Crippen LogP contribution in [0.3, 0.4) is 0 Å². The standard InChI is InChI=1S/C22H31F3N4O3/c1-14(2)11-28(12-15-3-4-15)19(10-26)21(31)27-16-5-6-18(17(9-16)22(23,24)25)29-7-8-32-13-20(29)30/h5-6,9,14-15,19H,3-4,7-8,10-13,26H2,1-2H3,(H,27,31)/t19-/m0/s1. The number of carbonyl (C=O) groups excluding carboxylic acids is 2. The van der Waals surface area contributed by atoms with Crippen LogP contribution in [0.1, 0.15) is 32.3 Å². The summed E-state index contributed by atoms with van der Waals surface area (Å²) in [6.07, 6.45) is -2.47. The van der Waals surface area contributed by atoms with E-state index in [1.165, 1.54) is 12.1 Å². The van der Waals surface area contributed by atoms with Crippen molar-refractivity contribution in [2.45, 2.75) is 38.9 Å². The Hall–Kier alpha value is -2.17. The fourth-order valence-corrected chi connectivity index (χ4v) is 3.93. The highest BCUT2D eigenvalue weighted by Gasteiger charge is 2.37. The van der Waals surface area contributed by atoms with Crippen molar-refractivity contribution in [3.05, 3.63) is 23.8 Å². The van der Waals surface area contributed by atoms with E-state index in [4.69, 9.17) is 10.5 Å². The third-order valence-corrected chi connectivity index (χ3v) is 5.60. The van der Waals surface area contributed by atoms with Crippen molar-refractivity contribution in [3.8, 4) is 0 Å². The third-order valence-electron chi connectivity index (χ3n) is 5.60. The van der Waals surface area contributed by atoms with Crippen molar-refractivity contribution < 1.29 is 27.5 Å². The van der Waals surface area contributed by atoms with Gasteiger partial charge in [0.25, 0.3) is 5.91 Å². The summed E-state index contributed by atoms with van der Waals surface area (Å²) in [6, 6.07) is 2.84. The summed E-state index contributed by atoms with van der Waals surface area (Å²) in [5, 5.41) is 2.61. The SMILES string of the molecule is CC(C)CN(CC1CC1)[C@@H](CN)C(=O)Nc1ccc(N2CCOCC2=O)c(C(F)(F)F)c1. The van der Waals surface area contributed by atoms with Crippen molar-refractivity contribution >= 4 is 23.2 Å². The second-order valence-electron chi connectivity index (χ2n) is 8.86. The molecule has 10 heteroatoms. The third kappa shape index (κ3) is 6.20. The molecule has 1 aliphatic heterocycles. The first-order valence-corrected chi connectivity index (χ1v) is 10.9. The second-order valence-corrected chi connectivity index (χ2v) is 8.86. The van der Waals surface area contributed by atoms with Crippen LogP contribution in [0.2, 0.25) is 0 Å². The number of amides is 2. The van der Waals surface area contributed by atoms with Gasteiger partial charge in [-0.25, -0.2) is 0 Å². The van der Waals surface area contributed by atoms with Crippen LogP contribution in [0.4, 0.5) is 24.5 Å². The minimum Gasteiger partial charge on any atom is -0.370 e. The number of halogens is 3. The Labute approximate surface area is 186 Å². The first kappa shape index (κ1) is 24.5. The molecule has 0 radical (unpaired) electrons. The maximum Gasteiger partial charge on any atom is 0.418 e. The summed E-state index contributed by atoms with van der Waals surface area (Å²) in [6.45, 7) is 5.52. The van der Waals surface area contributed by atoms with Gasteiger partial charge in [-0.15, -0.1) is 0 Å². The average Bonchev–Trinajstić information content (AvgIpc) is 3.52. The molecule has 2 amide bonds. The molecule has 3 rings (SSSR count). The molecule has 0 spiro atoms. The van der Waals surface area contributed by atoms with E-state index < -0.39 is 29.6 Å². The average molecular weight is 457 g/mol. The molecule has 178 valence electrons. The summed E-state index contributed by atoms with van der Waals surface area (Å²) in [5.74, 6) is -0.112. The zero-order valence-corrected chi connectivity index (χ0v) is 18.5. The number of nitrogens with zero attached hydrogens (tertiary/aromatic N) is 2. The van der Waals surface area contributed by atoms with Crippen LogP contribution in [-0.2, 0) is 20.5 Å². The molecule has 1 saturated heterocycles. The number of hydrogen-bond acceptors (Lipinski definition) is 5. The maximum absolute atomic E-state index is 13.8. The minimum atomic E-state index is -4.70. The van der Waals surface area contributed by atoms with Gasteiger partial charge in [0.1, 0.15) is 12.6 Å². The fraction of sp³-hybridized carbons (Fsp3) is 0.636. The molecule has 1 saturated carbocycles. The van der Waals surface area contributed by atoms with Crippen molar-refractivity contribution in [1.82, 2.24) is 4.90 Å². The van der Waals surface area contributed by atoms with Gasteiger partial charge in [0.05, 0.1) is 17.9 Å². The van der Waals surface area contributed by atoms with E-state index in [0.717, 1.165) is 30.4 Å². The summed E-state index contributed by atoms with van der Waals surface area (Å²) in [4.78, 5) is 28.1. The number of morpholine rings is 1. The van der Waals surface area contributed by atoms with E-state index >= 15 is 0 Å². The lowest BCUT2D eigenvalue weighted by molar-refractivity contribution is -0.137. The number of alkyl halides is 3. The molecule has 2 aliphatic rings. The first-order chi connectivity index (χ1) is 15.1. The smallest absolute Gasteiger partial charge is 0.370 e. The first-order valence-electron chi connectivity index (χ1n) is 10.9. The van der Waals surface area contributed by atoms with Gasteiger partial charge < -0.3 is 20.7 Å². The van der Waals surface area contributed by atoms with Crippen LogP contribution in [0.25, 0.3) is 0 Å². The Bertz CT molecular complexity index is 823. The Morgan fingerprint density at radius 3 is 2.62 bits per heavy atom.